The smallest absolute Gasteiger partial charge is 0.0991 e. The fourth-order valence-corrected chi connectivity index (χ4v) is 5.49. The van der Waals surface area contributed by atoms with E-state index >= 15 is 0 Å². The van der Waals surface area contributed by atoms with Crippen LogP contribution in [0.1, 0.15) is 68.7 Å². The first kappa shape index (κ1) is 27.6. The Morgan fingerprint density at radius 1 is 1.22 bits per heavy atom. The third-order valence-corrected chi connectivity index (χ3v) is 7.81. The first-order valence-corrected chi connectivity index (χ1v) is 13.4. The maximum atomic E-state index is 9.18. The Morgan fingerprint density at radius 3 is 2.58 bits per heavy atom. The second-order valence-electron chi connectivity index (χ2n) is 10.3. The van der Waals surface area contributed by atoms with E-state index in [0.29, 0.717) is 29.2 Å². The largest absolute Gasteiger partial charge is 0.381 e. The van der Waals surface area contributed by atoms with Gasteiger partial charge in [0.25, 0.3) is 0 Å². The van der Waals surface area contributed by atoms with Gasteiger partial charge in [0, 0.05) is 37.0 Å². The fraction of sp³-hybridized carbons (Fsp3) is 0.455. The summed E-state index contributed by atoms with van der Waals surface area (Å²) in [4.78, 5) is 5.41. The second kappa shape index (κ2) is 13.4. The molecule has 1 aliphatic rings. The third kappa shape index (κ3) is 6.42. The van der Waals surface area contributed by atoms with Gasteiger partial charge in [0.05, 0.1) is 11.6 Å². The van der Waals surface area contributed by atoms with E-state index in [1.807, 2.05) is 36.4 Å². The molecule has 4 atom stereocenters. The summed E-state index contributed by atoms with van der Waals surface area (Å²) in [5.74, 6) is 1.90. The van der Waals surface area contributed by atoms with E-state index < -0.39 is 0 Å². The zero-order valence-corrected chi connectivity index (χ0v) is 22.6. The van der Waals surface area contributed by atoms with Gasteiger partial charge in [0.1, 0.15) is 0 Å². The number of rotatable bonds is 11. The second-order valence-corrected chi connectivity index (χ2v) is 10.3. The lowest BCUT2D eigenvalue weighted by molar-refractivity contribution is 0.0273. The van der Waals surface area contributed by atoms with E-state index in [1.165, 1.54) is 22.4 Å². The van der Waals surface area contributed by atoms with Gasteiger partial charge < -0.3 is 4.74 Å². The zero-order chi connectivity index (χ0) is 26.1. The van der Waals surface area contributed by atoms with Gasteiger partial charge in [-0.2, -0.15) is 5.26 Å². The highest BCUT2D eigenvalue weighted by Crippen LogP contribution is 2.34. The highest BCUT2D eigenvalue weighted by molar-refractivity contribution is 6.06. The molecule has 0 aromatic heterocycles. The van der Waals surface area contributed by atoms with Crippen molar-refractivity contribution in [2.75, 3.05) is 19.8 Å². The molecule has 1 fully saturated rings. The number of nitrogens with zero attached hydrogens (tertiary/aromatic N) is 2. The lowest BCUT2D eigenvalue weighted by atomic mass is 9.78. The Hall–Kier alpha value is -2.96. The van der Waals surface area contributed by atoms with Crippen molar-refractivity contribution in [1.29, 1.82) is 5.26 Å². The molecule has 0 N–H and O–H groups in total. The molecule has 0 bridgehead atoms. The minimum Gasteiger partial charge on any atom is -0.381 e. The van der Waals surface area contributed by atoms with E-state index in [9.17, 15) is 5.26 Å². The lowest BCUT2D eigenvalue weighted by Crippen LogP contribution is -2.29. The van der Waals surface area contributed by atoms with Gasteiger partial charge >= 0.3 is 0 Å². The average molecular weight is 483 g/mol. The monoisotopic (exact) mass is 482 g/mol. The first-order chi connectivity index (χ1) is 17.4. The summed E-state index contributed by atoms with van der Waals surface area (Å²) in [6.45, 7) is 19.8. The molecule has 0 aliphatic carbocycles. The van der Waals surface area contributed by atoms with Crippen LogP contribution in [0.4, 0.5) is 0 Å². The average Bonchev–Trinajstić information content (AvgIpc) is 2.89. The normalized spacial score (nSPS) is 19.8. The van der Waals surface area contributed by atoms with Crippen LogP contribution in [0.3, 0.4) is 0 Å². The van der Waals surface area contributed by atoms with Crippen molar-refractivity contribution < 1.29 is 4.74 Å². The molecule has 1 heterocycles. The molecule has 2 aromatic carbocycles. The van der Waals surface area contributed by atoms with Gasteiger partial charge in [-0.05, 0) is 78.3 Å². The molecule has 190 valence electrons. The van der Waals surface area contributed by atoms with Crippen molar-refractivity contribution in [3.8, 4) is 17.2 Å². The van der Waals surface area contributed by atoms with Crippen LogP contribution < -0.4 is 0 Å². The Kier molecular flexibility index (Phi) is 10.3. The summed E-state index contributed by atoms with van der Waals surface area (Å²) in [5.41, 5.74) is 7.73. The predicted octanol–water partition coefficient (Wildman–Crippen LogP) is 8.27. The zero-order valence-electron chi connectivity index (χ0n) is 22.6. The lowest BCUT2D eigenvalue weighted by Gasteiger charge is -2.30. The van der Waals surface area contributed by atoms with Crippen molar-refractivity contribution in [3.63, 3.8) is 0 Å². The molecule has 0 spiro atoms. The van der Waals surface area contributed by atoms with Crippen molar-refractivity contribution in [3.05, 3.63) is 77.9 Å². The summed E-state index contributed by atoms with van der Waals surface area (Å²) in [5, 5.41) is 9.18. The number of ether oxygens (including phenoxy) is 1. The number of nitriles is 1. The van der Waals surface area contributed by atoms with E-state index in [2.05, 4.69) is 59.1 Å². The Morgan fingerprint density at radius 2 is 1.97 bits per heavy atom. The predicted molar refractivity (Wildman–Crippen MR) is 153 cm³/mol. The van der Waals surface area contributed by atoms with Crippen LogP contribution >= 0.6 is 0 Å². The van der Waals surface area contributed by atoms with E-state index in [1.54, 1.807) is 0 Å². The highest BCUT2D eigenvalue weighted by atomic mass is 16.5. The molecule has 36 heavy (non-hydrogen) atoms. The van der Waals surface area contributed by atoms with Crippen LogP contribution in [0.5, 0.6) is 0 Å². The number of hydrogen-bond acceptors (Lipinski definition) is 3. The summed E-state index contributed by atoms with van der Waals surface area (Å²) >= 11 is 0. The van der Waals surface area contributed by atoms with Gasteiger partial charge in [-0.3, -0.25) is 4.99 Å². The Labute approximate surface area is 218 Å². The maximum absolute atomic E-state index is 9.18. The van der Waals surface area contributed by atoms with Crippen LogP contribution in [-0.2, 0) is 4.74 Å². The SMILES string of the molecule is C=CC[C@H](C)C(CCC)C(=NCC1CCOC[C@@H]1C)c1ccc(-c2ccc(C#N)cc2)c(C)c1C=C. The molecule has 2 aromatic rings. The van der Waals surface area contributed by atoms with E-state index in [4.69, 9.17) is 9.73 Å². The van der Waals surface area contributed by atoms with Crippen molar-refractivity contribution in [2.24, 2.45) is 28.7 Å². The van der Waals surface area contributed by atoms with Crippen molar-refractivity contribution in [2.45, 2.75) is 53.4 Å². The molecule has 0 radical (unpaired) electrons. The van der Waals surface area contributed by atoms with Gasteiger partial charge in [0.15, 0.2) is 0 Å². The summed E-state index contributed by atoms with van der Waals surface area (Å²) in [6.07, 6.45) is 8.30. The third-order valence-electron chi connectivity index (χ3n) is 7.81. The molecular formula is C33H42N2O. The molecule has 0 amide bonds. The van der Waals surface area contributed by atoms with Crippen molar-refractivity contribution >= 4 is 11.8 Å². The topological polar surface area (TPSA) is 45.4 Å². The summed E-state index contributed by atoms with van der Waals surface area (Å²) < 4.78 is 5.69. The van der Waals surface area contributed by atoms with Crippen LogP contribution in [-0.4, -0.2) is 25.5 Å². The minimum absolute atomic E-state index is 0.363. The maximum Gasteiger partial charge on any atom is 0.0991 e. The summed E-state index contributed by atoms with van der Waals surface area (Å²) in [7, 11) is 0. The summed E-state index contributed by atoms with van der Waals surface area (Å²) in [6, 6.07) is 14.5. The van der Waals surface area contributed by atoms with Crippen molar-refractivity contribution in [1.82, 2.24) is 0 Å². The number of benzene rings is 2. The highest BCUT2D eigenvalue weighted by Gasteiger charge is 2.27. The number of hydrogen-bond donors (Lipinski definition) is 0. The molecule has 1 saturated heterocycles. The van der Waals surface area contributed by atoms with E-state index in [-0.39, 0.29) is 0 Å². The van der Waals surface area contributed by atoms with Gasteiger partial charge in [0.2, 0.25) is 0 Å². The number of aliphatic imine (C=N–C) groups is 1. The Bertz CT molecular complexity index is 1110. The molecular weight excluding hydrogens is 440 g/mol. The van der Waals surface area contributed by atoms with Crippen LogP contribution in [0, 0.1) is 41.9 Å². The molecule has 3 nitrogen and oxygen atoms in total. The Balaban J connectivity index is 2.11. The minimum atomic E-state index is 0.363. The quantitative estimate of drug-likeness (QED) is 0.239. The molecule has 1 aliphatic heterocycles. The van der Waals surface area contributed by atoms with Crippen LogP contribution in [0.15, 0.2) is 60.6 Å². The fourth-order valence-electron chi connectivity index (χ4n) is 5.49. The van der Waals surface area contributed by atoms with E-state index in [0.717, 1.165) is 56.6 Å². The van der Waals surface area contributed by atoms with Crippen LogP contribution in [0.2, 0.25) is 0 Å². The number of allylic oxidation sites excluding steroid dienone is 1. The molecule has 2 unspecified atom stereocenters. The standard InChI is InChI=1S/C33H42N2O/c1-7-10-23(4)30(11-8-2)33(35-21-28-18-19-36-22-24(28)5)32-17-16-31(25(6)29(32)9-3)27-14-12-26(20-34)13-15-27/h7,9,12-17,23-24,28,30H,1,3,8,10-11,18-19,21-22H2,2,4-6H3/t23-,24-,28?,30?/m0/s1. The van der Waals surface area contributed by atoms with Gasteiger partial charge in [-0.25, -0.2) is 0 Å². The molecule has 3 heteroatoms. The van der Waals surface area contributed by atoms with Crippen LogP contribution in [0.25, 0.3) is 17.2 Å². The first-order valence-electron chi connectivity index (χ1n) is 13.4. The molecule has 0 saturated carbocycles. The van der Waals surface area contributed by atoms with Gasteiger partial charge in [-0.1, -0.05) is 70.2 Å². The van der Waals surface area contributed by atoms with Gasteiger partial charge in [-0.15, -0.1) is 6.58 Å². The molecule has 3 rings (SSSR count).